The van der Waals surface area contributed by atoms with Gasteiger partial charge in [-0.3, -0.25) is 4.90 Å². The van der Waals surface area contributed by atoms with Crippen molar-refractivity contribution in [3.8, 4) is 11.5 Å². The molecule has 4 nitrogen and oxygen atoms in total. The van der Waals surface area contributed by atoms with Crippen LogP contribution in [0, 0.1) is 5.92 Å². The molecule has 1 N–H and O–H groups in total. The van der Waals surface area contributed by atoms with E-state index in [-0.39, 0.29) is 5.41 Å². The summed E-state index contributed by atoms with van der Waals surface area (Å²) in [4.78, 5) is 2.31. The molecule has 0 spiro atoms. The normalized spacial score (nSPS) is 16.9. The molecular weight excluding hydrogens is 522 g/mol. The standard InChI is InChI=1S/C26H35BrClNO3S/c1-19(15-28)17-32-25-9-6-21(14-24(25)27)26(2,3)20-4-7-23(8-5-20)31-18-22(30)16-29-10-12-33-13-11-29/h4-9,14,19,22,30H,10-13,15-18H2,1-3H3/t19-,22-/m1/s1. The smallest absolute Gasteiger partial charge is 0.133 e. The van der Waals surface area contributed by atoms with Gasteiger partial charge in [0, 0.05) is 48.4 Å². The molecule has 7 heteroatoms. The van der Waals surface area contributed by atoms with E-state index >= 15 is 0 Å². The van der Waals surface area contributed by atoms with Crippen molar-refractivity contribution in [2.24, 2.45) is 5.92 Å². The lowest BCUT2D eigenvalue weighted by Crippen LogP contribution is -2.40. The van der Waals surface area contributed by atoms with Crippen molar-refractivity contribution in [3.05, 3.63) is 58.1 Å². The molecule has 1 heterocycles. The summed E-state index contributed by atoms with van der Waals surface area (Å²) >= 11 is 11.5. The number of thioether (sulfide) groups is 1. The number of rotatable bonds is 11. The Morgan fingerprint density at radius 3 is 2.36 bits per heavy atom. The molecular formula is C26H35BrClNO3S. The molecule has 0 saturated carbocycles. The lowest BCUT2D eigenvalue weighted by molar-refractivity contribution is 0.0715. The minimum Gasteiger partial charge on any atom is -0.492 e. The highest BCUT2D eigenvalue weighted by molar-refractivity contribution is 9.10. The number of aliphatic hydroxyl groups excluding tert-OH is 1. The van der Waals surface area contributed by atoms with E-state index in [1.165, 1.54) is 11.1 Å². The number of nitrogens with zero attached hydrogens (tertiary/aromatic N) is 1. The van der Waals surface area contributed by atoms with Crippen LogP contribution < -0.4 is 9.47 Å². The Balaban J connectivity index is 1.57. The number of β-amino-alcohol motifs (C(OH)–C–C–N with tert-alkyl or cyclic N) is 1. The maximum absolute atomic E-state index is 10.3. The van der Waals surface area contributed by atoms with Crippen molar-refractivity contribution in [1.82, 2.24) is 4.90 Å². The van der Waals surface area contributed by atoms with E-state index in [0.29, 0.717) is 31.6 Å². The molecule has 1 saturated heterocycles. The predicted molar refractivity (Wildman–Crippen MR) is 143 cm³/mol. The van der Waals surface area contributed by atoms with E-state index < -0.39 is 6.10 Å². The fourth-order valence-corrected chi connectivity index (χ4v) is 5.31. The molecule has 1 aliphatic rings. The fourth-order valence-electron chi connectivity index (χ4n) is 3.74. The van der Waals surface area contributed by atoms with Gasteiger partial charge in [0.2, 0.25) is 0 Å². The zero-order valence-corrected chi connectivity index (χ0v) is 22.9. The van der Waals surface area contributed by atoms with Crippen LogP contribution in [0.15, 0.2) is 46.9 Å². The zero-order chi connectivity index (χ0) is 23.8. The molecule has 2 aromatic rings. The first-order valence-corrected chi connectivity index (χ1v) is 14.0. The molecule has 33 heavy (non-hydrogen) atoms. The highest BCUT2D eigenvalue weighted by atomic mass is 79.9. The number of aliphatic hydroxyl groups is 1. The maximum atomic E-state index is 10.3. The van der Waals surface area contributed by atoms with Gasteiger partial charge < -0.3 is 14.6 Å². The second-order valence-corrected chi connectivity index (χ2v) is 11.6. The van der Waals surface area contributed by atoms with Crippen molar-refractivity contribution < 1.29 is 14.6 Å². The van der Waals surface area contributed by atoms with Gasteiger partial charge in [-0.25, -0.2) is 0 Å². The van der Waals surface area contributed by atoms with Gasteiger partial charge in [0.25, 0.3) is 0 Å². The molecule has 2 atom stereocenters. The Morgan fingerprint density at radius 2 is 1.73 bits per heavy atom. The molecule has 0 aliphatic carbocycles. The molecule has 3 rings (SSSR count). The maximum Gasteiger partial charge on any atom is 0.133 e. The summed E-state index contributed by atoms with van der Waals surface area (Å²) in [6.07, 6.45) is -0.477. The minimum absolute atomic E-state index is 0.186. The molecule has 0 bridgehead atoms. The van der Waals surface area contributed by atoms with E-state index in [1.54, 1.807) is 0 Å². The number of hydrogen-bond acceptors (Lipinski definition) is 5. The van der Waals surface area contributed by atoms with Crippen molar-refractivity contribution >= 4 is 39.3 Å². The molecule has 0 radical (unpaired) electrons. The van der Waals surface area contributed by atoms with Crippen LogP contribution in [0.5, 0.6) is 11.5 Å². The van der Waals surface area contributed by atoms with Crippen LogP contribution in [0.2, 0.25) is 0 Å². The first-order chi connectivity index (χ1) is 15.8. The third kappa shape index (κ3) is 7.79. The van der Waals surface area contributed by atoms with Gasteiger partial charge in [0.1, 0.15) is 24.2 Å². The van der Waals surface area contributed by atoms with E-state index in [4.69, 9.17) is 21.1 Å². The summed E-state index contributed by atoms with van der Waals surface area (Å²) in [5.74, 6) is 4.78. The summed E-state index contributed by atoms with van der Waals surface area (Å²) < 4.78 is 12.7. The predicted octanol–water partition coefficient (Wildman–Crippen LogP) is 5.82. The number of halogens is 2. The zero-order valence-electron chi connectivity index (χ0n) is 19.7. The Labute approximate surface area is 216 Å². The van der Waals surface area contributed by atoms with E-state index in [9.17, 15) is 5.11 Å². The van der Waals surface area contributed by atoms with Crippen LogP contribution in [0.4, 0.5) is 0 Å². The van der Waals surface area contributed by atoms with Crippen LogP contribution in [-0.2, 0) is 5.41 Å². The number of ether oxygens (including phenoxy) is 2. The largest absolute Gasteiger partial charge is 0.492 e. The van der Waals surface area contributed by atoms with Gasteiger partial charge >= 0.3 is 0 Å². The summed E-state index contributed by atoms with van der Waals surface area (Å²) in [5.41, 5.74) is 2.20. The SMILES string of the molecule is C[C@H](CCl)COc1ccc(C(C)(C)c2ccc(OC[C@H](O)CN3CCSCC3)cc2)cc1Br. The average molecular weight is 557 g/mol. The van der Waals surface area contributed by atoms with Crippen LogP contribution in [0.1, 0.15) is 31.9 Å². The van der Waals surface area contributed by atoms with Crippen molar-refractivity contribution in [1.29, 1.82) is 0 Å². The monoisotopic (exact) mass is 555 g/mol. The minimum atomic E-state index is -0.477. The number of hydrogen-bond donors (Lipinski definition) is 1. The topological polar surface area (TPSA) is 41.9 Å². The van der Waals surface area contributed by atoms with Gasteiger partial charge in [-0.05, 0) is 51.3 Å². The molecule has 0 unspecified atom stereocenters. The summed E-state index contributed by atoms with van der Waals surface area (Å²) in [6, 6.07) is 14.4. The summed E-state index contributed by atoms with van der Waals surface area (Å²) in [5, 5.41) is 10.3. The third-order valence-electron chi connectivity index (χ3n) is 6.03. The van der Waals surface area contributed by atoms with E-state index in [0.717, 1.165) is 40.6 Å². The van der Waals surface area contributed by atoms with Gasteiger partial charge in [-0.1, -0.05) is 39.0 Å². The Hall–Kier alpha value is -0.920. The number of benzene rings is 2. The Morgan fingerprint density at radius 1 is 1.06 bits per heavy atom. The third-order valence-corrected chi connectivity index (χ3v) is 8.12. The molecule has 1 fully saturated rings. The van der Waals surface area contributed by atoms with Gasteiger partial charge in [-0.2, -0.15) is 11.8 Å². The highest BCUT2D eigenvalue weighted by Crippen LogP contribution is 2.36. The Bertz CT molecular complexity index is 874. The molecule has 2 aromatic carbocycles. The Kier molecular flexibility index (Phi) is 10.3. The van der Waals surface area contributed by atoms with Crippen LogP contribution in [0.25, 0.3) is 0 Å². The quantitative estimate of drug-likeness (QED) is 0.354. The lowest BCUT2D eigenvalue weighted by Gasteiger charge is -2.28. The van der Waals surface area contributed by atoms with Crippen LogP contribution >= 0.6 is 39.3 Å². The van der Waals surface area contributed by atoms with E-state index in [1.807, 2.05) is 30.0 Å². The molecule has 1 aliphatic heterocycles. The average Bonchev–Trinajstić information content (AvgIpc) is 2.82. The summed E-state index contributed by atoms with van der Waals surface area (Å²) in [6.45, 7) is 10.2. The van der Waals surface area contributed by atoms with Gasteiger partial charge in [0.15, 0.2) is 0 Å². The van der Waals surface area contributed by atoms with Crippen LogP contribution in [0.3, 0.4) is 0 Å². The van der Waals surface area contributed by atoms with Crippen molar-refractivity contribution in [2.75, 3.05) is 50.2 Å². The van der Waals surface area contributed by atoms with Crippen molar-refractivity contribution in [2.45, 2.75) is 32.3 Å². The van der Waals surface area contributed by atoms with Crippen molar-refractivity contribution in [3.63, 3.8) is 0 Å². The fraction of sp³-hybridized carbons (Fsp3) is 0.538. The highest BCUT2D eigenvalue weighted by Gasteiger charge is 2.24. The second-order valence-electron chi connectivity index (χ2n) is 9.24. The lowest BCUT2D eigenvalue weighted by atomic mass is 9.78. The molecule has 182 valence electrons. The second kappa shape index (κ2) is 12.7. The summed E-state index contributed by atoms with van der Waals surface area (Å²) in [7, 11) is 0. The van der Waals surface area contributed by atoms with E-state index in [2.05, 4.69) is 65.9 Å². The molecule has 0 aromatic heterocycles. The van der Waals surface area contributed by atoms with Gasteiger partial charge in [-0.15, -0.1) is 11.6 Å². The van der Waals surface area contributed by atoms with Crippen LogP contribution in [-0.4, -0.2) is 66.3 Å². The first-order valence-electron chi connectivity index (χ1n) is 11.5. The number of alkyl halides is 1. The van der Waals surface area contributed by atoms with Gasteiger partial charge in [0.05, 0.1) is 11.1 Å². The molecule has 0 amide bonds. The first kappa shape index (κ1) is 26.7.